The van der Waals surface area contributed by atoms with Gasteiger partial charge in [0.15, 0.2) is 0 Å². The molecule has 0 amide bonds. The predicted molar refractivity (Wildman–Crippen MR) is 67.0 cm³/mol. The number of rotatable bonds is 4. The topological polar surface area (TPSA) is 39.2 Å². The first-order valence-electron chi connectivity index (χ1n) is 5.44. The van der Waals surface area contributed by atoms with Crippen LogP contribution in [0.15, 0.2) is 41.9 Å². The van der Waals surface area contributed by atoms with E-state index in [2.05, 4.69) is 4.98 Å². The molecular formula is C13H13NO2S. The van der Waals surface area contributed by atoms with E-state index >= 15 is 0 Å². The van der Waals surface area contributed by atoms with E-state index in [0.717, 1.165) is 10.6 Å². The average Bonchev–Trinajstić information content (AvgIpc) is 2.85. The maximum Gasteiger partial charge on any atom is 0.320 e. The molecule has 1 unspecified atom stereocenters. The molecule has 1 heterocycles. The lowest BCUT2D eigenvalue weighted by Crippen LogP contribution is -2.17. The van der Waals surface area contributed by atoms with E-state index in [1.54, 1.807) is 6.20 Å². The highest BCUT2D eigenvalue weighted by Gasteiger charge is 2.26. The minimum Gasteiger partial charge on any atom is -0.465 e. The van der Waals surface area contributed by atoms with Gasteiger partial charge in [0.25, 0.3) is 0 Å². The van der Waals surface area contributed by atoms with Crippen molar-refractivity contribution in [2.45, 2.75) is 12.8 Å². The molecule has 0 saturated carbocycles. The van der Waals surface area contributed by atoms with E-state index < -0.39 is 5.92 Å². The van der Waals surface area contributed by atoms with Crippen LogP contribution in [-0.4, -0.2) is 17.6 Å². The average molecular weight is 247 g/mol. The second kappa shape index (κ2) is 5.59. The van der Waals surface area contributed by atoms with Crippen molar-refractivity contribution >= 4 is 17.3 Å². The molecule has 2 rings (SSSR count). The van der Waals surface area contributed by atoms with Crippen LogP contribution in [0.25, 0.3) is 0 Å². The van der Waals surface area contributed by atoms with E-state index in [9.17, 15) is 4.79 Å². The molecular weight excluding hydrogens is 234 g/mol. The van der Waals surface area contributed by atoms with Crippen LogP contribution in [0.3, 0.4) is 0 Å². The number of carbonyl (C=O) groups excluding carboxylic acids is 1. The Balaban J connectivity index is 2.35. The van der Waals surface area contributed by atoms with Gasteiger partial charge < -0.3 is 4.74 Å². The fraction of sp³-hybridized carbons (Fsp3) is 0.231. The number of thiazole rings is 1. The molecule has 1 aromatic heterocycles. The smallest absolute Gasteiger partial charge is 0.320 e. The van der Waals surface area contributed by atoms with Crippen LogP contribution in [0.2, 0.25) is 0 Å². The molecule has 0 aliphatic rings. The van der Waals surface area contributed by atoms with Crippen LogP contribution in [-0.2, 0) is 9.53 Å². The first kappa shape index (κ1) is 11.8. The van der Waals surface area contributed by atoms with Gasteiger partial charge >= 0.3 is 5.97 Å². The summed E-state index contributed by atoms with van der Waals surface area (Å²) in [6.45, 7) is 2.19. The van der Waals surface area contributed by atoms with Crippen molar-refractivity contribution in [3.8, 4) is 0 Å². The number of hydrogen-bond donors (Lipinski definition) is 0. The van der Waals surface area contributed by atoms with Gasteiger partial charge in [-0.15, -0.1) is 11.3 Å². The van der Waals surface area contributed by atoms with Crippen molar-refractivity contribution < 1.29 is 9.53 Å². The normalized spacial score (nSPS) is 12.1. The molecule has 0 aliphatic carbocycles. The van der Waals surface area contributed by atoms with Crippen molar-refractivity contribution in [2.24, 2.45) is 0 Å². The lowest BCUT2D eigenvalue weighted by molar-refractivity contribution is -0.143. The van der Waals surface area contributed by atoms with Crippen LogP contribution in [0.1, 0.15) is 23.4 Å². The molecule has 0 N–H and O–H groups in total. The predicted octanol–water partition coefficient (Wildman–Crippen LogP) is 2.84. The molecule has 17 heavy (non-hydrogen) atoms. The highest BCUT2D eigenvalue weighted by molar-refractivity contribution is 7.09. The van der Waals surface area contributed by atoms with Crippen molar-refractivity contribution in [2.75, 3.05) is 6.61 Å². The second-order valence-corrected chi connectivity index (χ2v) is 4.39. The minimum atomic E-state index is -0.406. The van der Waals surface area contributed by atoms with Gasteiger partial charge in [-0.25, -0.2) is 4.98 Å². The molecule has 0 spiro atoms. The van der Waals surface area contributed by atoms with E-state index in [1.807, 2.05) is 42.6 Å². The van der Waals surface area contributed by atoms with E-state index in [4.69, 9.17) is 4.74 Å². The number of nitrogens with zero attached hydrogens (tertiary/aromatic N) is 1. The Morgan fingerprint density at radius 1 is 1.41 bits per heavy atom. The molecule has 1 aromatic carbocycles. The van der Waals surface area contributed by atoms with Gasteiger partial charge in [0.05, 0.1) is 6.61 Å². The summed E-state index contributed by atoms with van der Waals surface area (Å²) < 4.78 is 5.11. The minimum absolute atomic E-state index is 0.242. The summed E-state index contributed by atoms with van der Waals surface area (Å²) in [4.78, 5) is 16.2. The molecule has 4 heteroatoms. The van der Waals surface area contributed by atoms with E-state index in [0.29, 0.717) is 6.61 Å². The third kappa shape index (κ3) is 2.71. The Labute approximate surface area is 104 Å². The Bertz CT molecular complexity index is 467. The molecule has 0 radical (unpaired) electrons. The summed E-state index contributed by atoms with van der Waals surface area (Å²) in [6.07, 6.45) is 1.70. The molecule has 1 atom stereocenters. The Morgan fingerprint density at radius 2 is 2.18 bits per heavy atom. The first-order chi connectivity index (χ1) is 8.33. The van der Waals surface area contributed by atoms with Gasteiger partial charge in [0.1, 0.15) is 10.9 Å². The number of hydrogen-bond acceptors (Lipinski definition) is 4. The van der Waals surface area contributed by atoms with Gasteiger partial charge in [0.2, 0.25) is 0 Å². The quantitative estimate of drug-likeness (QED) is 0.780. The maximum absolute atomic E-state index is 12.0. The molecule has 0 saturated heterocycles. The molecule has 0 aliphatic heterocycles. The summed E-state index contributed by atoms with van der Waals surface area (Å²) in [6, 6.07) is 9.59. The second-order valence-electron chi connectivity index (χ2n) is 3.47. The van der Waals surface area contributed by atoms with Gasteiger partial charge in [0, 0.05) is 11.6 Å². The van der Waals surface area contributed by atoms with Gasteiger partial charge in [-0.2, -0.15) is 0 Å². The SMILES string of the molecule is CCOC(=O)C(c1ccccc1)c1nccs1. The van der Waals surface area contributed by atoms with Crippen LogP contribution in [0.4, 0.5) is 0 Å². The highest BCUT2D eigenvalue weighted by atomic mass is 32.1. The fourth-order valence-electron chi connectivity index (χ4n) is 1.63. The van der Waals surface area contributed by atoms with Crippen molar-refractivity contribution in [1.29, 1.82) is 0 Å². The monoisotopic (exact) mass is 247 g/mol. The Morgan fingerprint density at radius 3 is 2.76 bits per heavy atom. The largest absolute Gasteiger partial charge is 0.465 e. The summed E-state index contributed by atoms with van der Waals surface area (Å²) >= 11 is 1.47. The zero-order valence-electron chi connectivity index (χ0n) is 9.50. The van der Waals surface area contributed by atoms with Crippen LogP contribution < -0.4 is 0 Å². The van der Waals surface area contributed by atoms with Crippen molar-refractivity contribution in [3.05, 3.63) is 52.5 Å². The third-order valence-corrected chi connectivity index (χ3v) is 3.19. The van der Waals surface area contributed by atoms with Gasteiger partial charge in [-0.3, -0.25) is 4.79 Å². The fourth-order valence-corrected chi connectivity index (χ4v) is 2.38. The van der Waals surface area contributed by atoms with E-state index in [1.165, 1.54) is 11.3 Å². The summed E-state index contributed by atoms with van der Waals surface area (Å²) in [5.74, 6) is -0.648. The Kier molecular flexibility index (Phi) is 3.88. The molecule has 0 fully saturated rings. The third-order valence-electron chi connectivity index (χ3n) is 2.35. The zero-order valence-corrected chi connectivity index (χ0v) is 10.3. The van der Waals surface area contributed by atoms with Crippen molar-refractivity contribution in [1.82, 2.24) is 4.98 Å². The highest BCUT2D eigenvalue weighted by Crippen LogP contribution is 2.27. The maximum atomic E-state index is 12.0. The lowest BCUT2D eigenvalue weighted by atomic mass is 10.0. The summed E-state index contributed by atoms with van der Waals surface area (Å²) in [5, 5.41) is 2.64. The zero-order chi connectivity index (χ0) is 12.1. The summed E-state index contributed by atoms with van der Waals surface area (Å²) in [7, 11) is 0. The number of ether oxygens (including phenoxy) is 1. The molecule has 0 bridgehead atoms. The Hall–Kier alpha value is -1.68. The summed E-state index contributed by atoms with van der Waals surface area (Å²) in [5.41, 5.74) is 0.918. The van der Waals surface area contributed by atoms with Crippen LogP contribution in [0.5, 0.6) is 0 Å². The first-order valence-corrected chi connectivity index (χ1v) is 6.32. The molecule has 3 nitrogen and oxygen atoms in total. The number of carbonyl (C=O) groups is 1. The lowest BCUT2D eigenvalue weighted by Gasteiger charge is -2.13. The molecule has 88 valence electrons. The van der Waals surface area contributed by atoms with Crippen LogP contribution >= 0.6 is 11.3 Å². The van der Waals surface area contributed by atoms with Crippen LogP contribution in [0, 0.1) is 0 Å². The van der Waals surface area contributed by atoms with Crippen molar-refractivity contribution in [3.63, 3.8) is 0 Å². The standard InChI is InChI=1S/C13H13NO2S/c1-2-16-13(15)11(12-14-8-9-17-12)10-6-4-3-5-7-10/h3-9,11H,2H2,1H3. The van der Waals surface area contributed by atoms with Gasteiger partial charge in [-0.1, -0.05) is 30.3 Å². The number of benzene rings is 1. The number of esters is 1. The number of aromatic nitrogens is 1. The molecule has 2 aromatic rings. The van der Waals surface area contributed by atoms with E-state index in [-0.39, 0.29) is 5.97 Å². The van der Waals surface area contributed by atoms with Gasteiger partial charge in [-0.05, 0) is 12.5 Å².